The van der Waals surface area contributed by atoms with Crippen LogP contribution in [0.15, 0.2) is 0 Å². The minimum absolute atomic E-state index is 0.0588. The third kappa shape index (κ3) is 12.6. The molecule has 1 fully saturated rings. The summed E-state index contributed by atoms with van der Waals surface area (Å²) in [4.78, 5) is 26.0. The standard InChI is InChI=1S/C16H34O8P2/c1-2-16(15-22-16)13-11-9-7-5-3-4-6-8-10-12-14-23-26(20,21)24-25(17,18)19/h2-15H2,1H3,(H,20,21)(H2,17,18,19). The van der Waals surface area contributed by atoms with Gasteiger partial charge in [-0.3, -0.25) is 4.52 Å². The van der Waals surface area contributed by atoms with Crippen LogP contribution in [-0.2, 0) is 22.7 Å². The van der Waals surface area contributed by atoms with Gasteiger partial charge in [0, 0.05) is 0 Å². The molecule has 3 N–H and O–H groups in total. The fourth-order valence-corrected chi connectivity index (χ4v) is 4.55. The first-order valence-electron chi connectivity index (χ1n) is 9.56. The Bertz CT molecular complexity index is 475. The van der Waals surface area contributed by atoms with Crippen LogP contribution < -0.4 is 0 Å². The first kappa shape index (κ1) is 24.3. The lowest BCUT2D eigenvalue weighted by Crippen LogP contribution is -2.08. The monoisotopic (exact) mass is 416 g/mol. The molecule has 0 amide bonds. The molecule has 1 saturated heterocycles. The molecule has 1 heterocycles. The smallest absolute Gasteiger partial charge is 0.370 e. The van der Waals surface area contributed by atoms with Crippen molar-refractivity contribution in [1.29, 1.82) is 0 Å². The first-order valence-corrected chi connectivity index (χ1v) is 12.6. The van der Waals surface area contributed by atoms with Crippen molar-refractivity contribution in [2.45, 2.75) is 89.6 Å². The van der Waals surface area contributed by atoms with Crippen molar-refractivity contribution in [3.63, 3.8) is 0 Å². The van der Waals surface area contributed by atoms with E-state index in [0.717, 1.165) is 32.3 Å². The molecule has 156 valence electrons. The molecule has 2 atom stereocenters. The number of hydrogen-bond donors (Lipinski definition) is 3. The second kappa shape index (κ2) is 11.9. The number of unbranched alkanes of at least 4 members (excludes halogenated alkanes) is 9. The van der Waals surface area contributed by atoms with Crippen molar-refractivity contribution in [2.24, 2.45) is 0 Å². The second-order valence-electron chi connectivity index (χ2n) is 6.98. The van der Waals surface area contributed by atoms with Gasteiger partial charge in [0.25, 0.3) is 0 Å². The number of phosphoric ester groups is 1. The van der Waals surface area contributed by atoms with Crippen molar-refractivity contribution < 1.29 is 37.4 Å². The van der Waals surface area contributed by atoms with Crippen LogP contribution in [0.5, 0.6) is 0 Å². The zero-order valence-corrected chi connectivity index (χ0v) is 17.5. The SMILES string of the molecule is CCC1(CCCCCCCCCCCCOP(=O)(O)OP(=O)(O)O)CO1. The normalized spacial score (nSPS) is 22.3. The van der Waals surface area contributed by atoms with Crippen LogP contribution in [-0.4, -0.2) is 33.5 Å². The van der Waals surface area contributed by atoms with Crippen LogP contribution >= 0.6 is 15.6 Å². The topological polar surface area (TPSA) is 126 Å². The zero-order chi connectivity index (χ0) is 19.5. The van der Waals surface area contributed by atoms with Crippen LogP contribution in [0.1, 0.15) is 84.0 Å². The van der Waals surface area contributed by atoms with Gasteiger partial charge in [-0.15, -0.1) is 0 Å². The highest BCUT2D eigenvalue weighted by molar-refractivity contribution is 7.60. The lowest BCUT2D eigenvalue weighted by atomic mass is 9.98. The van der Waals surface area contributed by atoms with E-state index in [0.29, 0.717) is 6.42 Å². The van der Waals surface area contributed by atoms with Crippen molar-refractivity contribution in [3.05, 3.63) is 0 Å². The fraction of sp³-hybridized carbons (Fsp3) is 1.00. The fourth-order valence-electron chi connectivity index (χ4n) is 2.93. The Balaban J connectivity index is 1.82. The van der Waals surface area contributed by atoms with E-state index in [9.17, 15) is 9.13 Å². The Kier molecular flexibility index (Phi) is 11.1. The first-order chi connectivity index (χ1) is 12.2. The predicted octanol–water partition coefficient (Wildman–Crippen LogP) is 4.68. The van der Waals surface area contributed by atoms with E-state index in [4.69, 9.17) is 19.4 Å². The maximum atomic E-state index is 11.2. The lowest BCUT2D eigenvalue weighted by molar-refractivity contribution is 0.175. The molecular formula is C16H34O8P2. The van der Waals surface area contributed by atoms with Crippen LogP contribution in [0.3, 0.4) is 0 Å². The van der Waals surface area contributed by atoms with Gasteiger partial charge >= 0.3 is 15.6 Å². The van der Waals surface area contributed by atoms with Crippen molar-refractivity contribution >= 4 is 15.6 Å². The third-order valence-corrected chi connectivity index (χ3v) is 6.87. The molecule has 0 spiro atoms. The molecule has 0 aromatic carbocycles. The van der Waals surface area contributed by atoms with Gasteiger partial charge in [0.15, 0.2) is 0 Å². The van der Waals surface area contributed by atoms with Gasteiger partial charge in [-0.1, -0.05) is 64.7 Å². The van der Waals surface area contributed by atoms with Gasteiger partial charge in [0.1, 0.15) is 0 Å². The summed E-state index contributed by atoms with van der Waals surface area (Å²) in [6, 6.07) is 0. The van der Waals surface area contributed by atoms with E-state index in [1.165, 1.54) is 44.9 Å². The van der Waals surface area contributed by atoms with E-state index in [1.54, 1.807) is 0 Å². The van der Waals surface area contributed by atoms with Crippen LogP contribution in [0.4, 0.5) is 0 Å². The Morgan fingerprint density at radius 1 is 0.885 bits per heavy atom. The number of epoxide rings is 1. The number of hydrogen-bond acceptors (Lipinski definition) is 5. The van der Waals surface area contributed by atoms with Gasteiger partial charge < -0.3 is 19.4 Å². The van der Waals surface area contributed by atoms with Crippen molar-refractivity contribution in [2.75, 3.05) is 13.2 Å². The Labute approximate surface area is 156 Å². The summed E-state index contributed by atoms with van der Waals surface area (Å²) in [6.07, 6.45) is 13.3. The molecule has 1 rings (SSSR count). The highest BCUT2D eigenvalue weighted by atomic mass is 31.3. The van der Waals surface area contributed by atoms with E-state index in [1.807, 2.05) is 0 Å². The van der Waals surface area contributed by atoms with Crippen LogP contribution in [0.25, 0.3) is 0 Å². The molecule has 0 aromatic heterocycles. The average molecular weight is 416 g/mol. The summed E-state index contributed by atoms with van der Waals surface area (Å²) in [7, 11) is -9.70. The number of ether oxygens (including phenoxy) is 1. The number of rotatable bonds is 17. The Morgan fingerprint density at radius 3 is 1.77 bits per heavy atom. The van der Waals surface area contributed by atoms with Gasteiger partial charge in [0.2, 0.25) is 0 Å². The molecule has 8 nitrogen and oxygen atoms in total. The molecule has 10 heteroatoms. The van der Waals surface area contributed by atoms with E-state index >= 15 is 0 Å². The lowest BCUT2D eigenvalue weighted by Gasteiger charge is -2.12. The molecule has 1 aliphatic rings. The molecule has 0 aliphatic carbocycles. The average Bonchev–Trinajstić information content (AvgIpc) is 3.30. The molecule has 0 bridgehead atoms. The molecular weight excluding hydrogens is 382 g/mol. The molecule has 26 heavy (non-hydrogen) atoms. The van der Waals surface area contributed by atoms with E-state index < -0.39 is 15.6 Å². The maximum absolute atomic E-state index is 11.2. The van der Waals surface area contributed by atoms with Gasteiger partial charge in [-0.2, -0.15) is 4.31 Å². The molecule has 0 aromatic rings. The maximum Gasteiger partial charge on any atom is 0.481 e. The summed E-state index contributed by atoms with van der Waals surface area (Å²) in [5.74, 6) is 0. The second-order valence-corrected chi connectivity index (χ2v) is 9.81. The van der Waals surface area contributed by atoms with Gasteiger partial charge in [-0.25, -0.2) is 9.13 Å². The highest BCUT2D eigenvalue weighted by Crippen LogP contribution is 2.57. The zero-order valence-electron chi connectivity index (χ0n) is 15.7. The summed E-state index contributed by atoms with van der Waals surface area (Å²) in [5, 5.41) is 0. The van der Waals surface area contributed by atoms with Gasteiger partial charge in [0.05, 0.1) is 18.8 Å². The third-order valence-electron chi connectivity index (χ3n) is 4.69. The quantitative estimate of drug-likeness (QED) is 0.177. The summed E-state index contributed by atoms with van der Waals surface area (Å²) >= 11 is 0. The molecule has 0 saturated carbocycles. The Morgan fingerprint density at radius 2 is 1.35 bits per heavy atom. The number of phosphoric acid groups is 2. The van der Waals surface area contributed by atoms with E-state index in [-0.39, 0.29) is 12.2 Å². The minimum Gasteiger partial charge on any atom is -0.370 e. The van der Waals surface area contributed by atoms with Crippen LogP contribution in [0.2, 0.25) is 0 Å². The predicted molar refractivity (Wildman–Crippen MR) is 98.7 cm³/mol. The largest absolute Gasteiger partial charge is 0.481 e. The molecule has 1 aliphatic heterocycles. The van der Waals surface area contributed by atoms with E-state index in [2.05, 4.69) is 15.8 Å². The molecule has 0 radical (unpaired) electrons. The summed E-state index contributed by atoms with van der Waals surface area (Å²) < 4.78 is 35.4. The van der Waals surface area contributed by atoms with Crippen molar-refractivity contribution in [3.8, 4) is 0 Å². The Hall–Kier alpha value is 0.220. The minimum atomic E-state index is -5.02. The van der Waals surface area contributed by atoms with Crippen LogP contribution in [0, 0.1) is 0 Å². The summed E-state index contributed by atoms with van der Waals surface area (Å²) in [6.45, 7) is 3.08. The highest BCUT2D eigenvalue weighted by Gasteiger charge is 2.41. The summed E-state index contributed by atoms with van der Waals surface area (Å²) in [5.41, 5.74) is 0.232. The molecule has 2 unspecified atom stereocenters. The van der Waals surface area contributed by atoms with Gasteiger partial charge in [-0.05, 0) is 19.3 Å². The van der Waals surface area contributed by atoms with Crippen molar-refractivity contribution in [1.82, 2.24) is 0 Å².